The Morgan fingerprint density at radius 3 is 2.13 bits per heavy atom. The second-order valence-electron chi connectivity index (χ2n) is 6.24. The molecular weight excluding hydrogens is 428 g/mol. The van der Waals surface area contributed by atoms with Gasteiger partial charge in [-0.2, -0.15) is 4.72 Å². The highest BCUT2D eigenvalue weighted by Gasteiger charge is 2.23. The van der Waals surface area contributed by atoms with Gasteiger partial charge in [0.1, 0.15) is 11.8 Å². The van der Waals surface area contributed by atoms with Gasteiger partial charge in [-0.15, -0.1) is 0 Å². The second-order valence-corrected chi connectivity index (χ2v) is 7.96. The Kier molecular flexibility index (Phi) is 8.11. The van der Waals surface area contributed by atoms with Crippen LogP contribution in [0.25, 0.3) is 0 Å². The molecule has 31 heavy (non-hydrogen) atoms. The molecule has 0 aliphatic heterocycles. The number of ether oxygens (including phenoxy) is 3. The number of hydrogen-bond donors (Lipinski definition) is 2. The first-order valence-corrected chi connectivity index (χ1v) is 10.5. The number of anilines is 1. The molecule has 1 atom stereocenters. The monoisotopic (exact) mass is 450 g/mol. The molecule has 2 N–H and O–H groups in total. The molecule has 166 valence electrons. The van der Waals surface area contributed by atoms with Gasteiger partial charge in [0, 0.05) is 5.69 Å². The molecule has 0 aliphatic rings. The third-order valence-electron chi connectivity index (χ3n) is 3.99. The van der Waals surface area contributed by atoms with Crippen molar-refractivity contribution in [3.8, 4) is 5.75 Å². The molecule has 0 aliphatic carbocycles. The van der Waals surface area contributed by atoms with Crippen molar-refractivity contribution in [3.05, 3.63) is 54.1 Å². The van der Waals surface area contributed by atoms with E-state index in [4.69, 9.17) is 9.47 Å². The Morgan fingerprint density at radius 1 is 0.968 bits per heavy atom. The molecule has 0 unspecified atom stereocenters. The number of carbonyl (C=O) groups excluding carboxylic acids is 3. The predicted molar refractivity (Wildman–Crippen MR) is 110 cm³/mol. The third kappa shape index (κ3) is 6.79. The van der Waals surface area contributed by atoms with Crippen LogP contribution in [-0.4, -0.2) is 53.1 Å². The summed E-state index contributed by atoms with van der Waals surface area (Å²) in [6.45, 7) is 0.680. The normalized spacial score (nSPS) is 11.8. The van der Waals surface area contributed by atoms with Crippen molar-refractivity contribution in [1.29, 1.82) is 0 Å². The maximum Gasteiger partial charge on any atom is 0.337 e. The van der Waals surface area contributed by atoms with Crippen LogP contribution in [0, 0.1) is 0 Å². The molecule has 0 heterocycles. The van der Waals surface area contributed by atoms with Crippen molar-refractivity contribution in [1.82, 2.24) is 4.72 Å². The van der Waals surface area contributed by atoms with Gasteiger partial charge in [-0.25, -0.2) is 13.2 Å². The SMILES string of the molecule is COC(=O)c1ccc(NC(=O)COC(=O)[C@H](C)NS(=O)(=O)c2ccc(OC)cc2)cc1. The van der Waals surface area contributed by atoms with Crippen LogP contribution in [0.3, 0.4) is 0 Å². The Labute approximate surface area is 179 Å². The molecule has 10 nitrogen and oxygen atoms in total. The van der Waals surface area contributed by atoms with Gasteiger partial charge in [-0.05, 0) is 55.5 Å². The van der Waals surface area contributed by atoms with Crippen LogP contribution in [0.4, 0.5) is 5.69 Å². The summed E-state index contributed by atoms with van der Waals surface area (Å²) in [5.41, 5.74) is 0.687. The van der Waals surface area contributed by atoms with Gasteiger partial charge in [0.2, 0.25) is 10.0 Å². The van der Waals surface area contributed by atoms with Crippen LogP contribution in [0.5, 0.6) is 5.75 Å². The van der Waals surface area contributed by atoms with Crippen molar-refractivity contribution >= 4 is 33.6 Å². The minimum atomic E-state index is -3.97. The summed E-state index contributed by atoms with van der Waals surface area (Å²) < 4.78 is 41.3. The van der Waals surface area contributed by atoms with E-state index in [0.717, 1.165) is 0 Å². The fourth-order valence-electron chi connectivity index (χ4n) is 2.37. The fraction of sp³-hybridized carbons (Fsp3) is 0.250. The molecule has 0 saturated carbocycles. The summed E-state index contributed by atoms with van der Waals surface area (Å²) in [6, 6.07) is 10.3. The molecule has 2 aromatic carbocycles. The number of carbonyl (C=O) groups is 3. The topological polar surface area (TPSA) is 137 Å². The maximum absolute atomic E-state index is 12.4. The molecule has 2 rings (SSSR count). The van der Waals surface area contributed by atoms with E-state index in [1.807, 2.05) is 0 Å². The standard InChI is InChI=1S/C20H22N2O8S/c1-13(22-31(26,27)17-10-8-16(28-2)9-11-17)19(24)30-12-18(23)21-15-6-4-14(5-7-15)20(25)29-3/h4-11,13,22H,12H2,1-3H3,(H,21,23)/t13-/m0/s1. The van der Waals surface area contributed by atoms with E-state index >= 15 is 0 Å². The number of esters is 2. The minimum Gasteiger partial charge on any atom is -0.497 e. The van der Waals surface area contributed by atoms with Gasteiger partial charge >= 0.3 is 11.9 Å². The third-order valence-corrected chi connectivity index (χ3v) is 5.55. The van der Waals surface area contributed by atoms with E-state index in [1.54, 1.807) is 0 Å². The van der Waals surface area contributed by atoms with Gasteiger partial charge in [-0.3, -0.25) is 9.59 Å². The number of hydrogen-bond acceptors (Lipinski definition) is 8. The largest absolute Gasteiger partial charge is 0.497 e. The lowest BCUT2D eigenvalue weighted by Gasteiger charge is -2.14. The van der Waals surface area contributed by atoms with E-state index in [9.17, 15) is 22.8 Å². The Bertz CT molecular complexity index is 1030. The van der Waals surface area contributed by atoms with Gasteiger partial charge in [0.05, 0.1) is 24.7 Å². The van der Waals surface area contributed by atoms with Crippen LogP contribution >= 0.6 is 0 Å². The summed E-state index contributed by atoms with van der Waals surface area (Å²) in [5.74, 6) is -1.59. The number of benzene rings is 2. The molecule has 11 heteroatoms. The van der Waals surface area contributed by atoms with Gasteiger partial charge < -0.3 is 19.5 Å². The predicted octanol–water partition coefficient (Wildman–Crippen LogP) is 1.33. The van der Waals surface area contributed by atoms with Gasteiger partial charge in [0.15, 0.2) is 6.61 Å². The van der Waals surface area contributed by atoms with Gasteiger partial charge in [-0.1, -0.05) is 0 Å². The van der Waals surface area contributed by atoms with Crippen LogP contribution in [-0.2, 0) is 29.1 Å². The molecule has 0 spiro atoms. The average Bonchev–Trinajstić information content (AvgIpc) is 2.77. The van der Waals surface area contributed by atoms with E-state index in [1.165, 1.54) is 69.7 Å². The zero-order valence-electron chi connectivity index (χ0n) is 17.1. The van der Waals surface area contributed by atoms with E-state index in [-0.39, 0.29) is 4.90 Å². The zero-order valence-corrected chi connectivity index (χ0v) is 17.9. The highest BCUT2D eigenvalue weighted by molar-refractivity contribution is 7.89. The van der Waals surface area contributed by atoms with Gasteiger partial charge in [0.25, 0.3) is 5.91 Å². The minimum absolute atomic E-state index is 0.0545. The van der Waals surface area contributed by atoms with Crippen LogP contribution in [0.1, 0.15) is 17.3 Å². The lowest BCUT2D eigenvalue weighted by Crippen LogP contribution is -2.40. The molecule has 0 fully saturated rings. The number of rotatable bonds is 9. The van der Waals surface area contributed by atoms with E-state index in [0.29, 0.717) is 17.0 Å². The zero-order chi connectivity index (χ0) is 23.0. The Balaban J connectivity index is 1.86. The number of nitrogens with one attached hydrogen (secondary N) is 2. The number of sulfonamides is 1. The van der Waals surface area contributed by atoms with Crippen molar-refractivity contribution < 1.29 is 37.0 Å². The highest BCUT2D eigenvalue weighted by Crippen LogP contribution is 2.16. The van der Waals surface area contributed by atoms with Crippen molar-refractivity contribution in [2.45, 2.75) is 17.9 Å². The fourth-order valence-corrected chi connectivity index (χ4v) is 3.56. The second kappa shape index (κ2) is 10.5. The first-order chi connectivity index (χ1) is 14.7. The Morgan fingerprint density at radius 2 is 1.58 bits per heavy atom. The summed E-state index contributed by atoms with van der Waals surface area (Å²) in [6.07, 6.45) is 0. The van der Waals surface area contributed by atoms with Crippen LogP contribution < -0.4 is 14.8 Å². The summed E-state index contributed by atoms with van der Waals surface area (Å²) >= 11 is 0. The number of methoxy groups -OCH3 is 2. The van der Waals surface area contributed by atoms with Crippen LogP contribution in [0.2, 0.25) is 0 Å². The van der Waals surface area contributed by atoms with Crippen molar-refractivity contribution in [2.24, 2.45) is 0 Å². The van der Waals surface area contributed by atoms with Crippen LogP contribution in [0.15, 0.2) is 53.4 Å². The molecular formula is C20H22N2O8S. The van der Waals surface area contributed by atoms with E-state index in [2.05, 4.69) is 14.8 Å². The summed E-state index contributed by atoms with van der Waals surface area (Å²) in [7, 11) is -1.27. The maximum atomic E-state index is 12.4. The lowest BCUT2D eigenvalue weighted by molar-refractivity contribution is -0.148. The molecule has 0 radical (unpaired) electrons. The first-order valence-electron chi connectivity index (χ1n) is 8.97. The number of amides is 1. The average molecular weight is 450 g/mol. The molecule has 0 saturated heterocycles. The smallest absolute Gasteiger partial charge is 0.337 e. The summed E-state index contributed by atoms with van der Waals surface area (Å²) in [4.78, 5) is 35.3. The van der Waals surface area contributed by atoms with Crippen molar-refractivity contribution in [3.63, 3.8) is 0 Å². The Hall–Kier alpha value is -3.44. The molecule has 0 bridgehead atoms. The summed E-state index contributed by atoms with van der Waals surface area (Å²) in [5, 5.41) is 2.49. The highest BCUT2D eigenvalue weighted by atomic mass is 32.2. The van der Waals surface area contributed by atoms with Crippen molar-refractivity contribution in [2.75, 3.05) is 26.1 Å². The quantitative estimate of drug-likeness (QED) is 0.546. The molecule has 0 aromatic heterocycles. The molecule has 2 aromatic rings. The molecule has 1 amide bonds. The van der Waals surface area contributed by atoms with E-state index < -0.39 is 40.5 Å². The first kappa shape index (κ1) is 23.8. The lowest BCUT2D eigenvalue weighted by atomic mass is 10.2.